The summed E-state index contributed by atoms with van der Waals surface area (Å²) in [5.41, 5.74) is 3.15. The number of hydrogen-bond acceptors (Lipinski definition) is 6. The van der Waals surface area contributed by atoms with Gasteiger partial charge in [-0.15, -0.1) is 0 Å². The Bertz CT molecular complexity index is 1830. The molecule has 0 bridgehead atoms. The number of ether oxygens (including phenoxy) is 1. The van der Waals surface area contributed by atoms with Crippen LogP contribution in [-0.4, -0.2) is 35.9 Å². The number of hydrogen-bond donors (Lipinski definition) is 2. The molecule has 0 spiro atoms. The third-order valence-electron chi connectivity index (χ3n) is 6.75. The van der Waals surface area contributed by atoms with Gasteiger partial charge in [-0.25, -0.2) is 21.6 Å². The van der Waals surface area contributed by atoms with Crippen molar-refractivity contribution in [2.45, 2.75) is 29.7 Å². The van der Waals surface area contributed by atoms with E-state index in [1.165, 1.54) is 46.8 Å². The van der Waals surface area contributed by atoms with Crippen LogP contribution in [0.25, 0.3) is 0 Å². The van der Waals surface area contributed by atoms with Crippen LogP contribution in [0.4, 0.5) is 11.4 Å². The molecule has 0 saturated carbocycles. The molecular weight excluding hydrogens is 598 g/mol. The number of aryl methyl sites for hydroxylation is 1. The predicted molar refractivity (Wildman–Crippen MR) is 162 cm³/mol. The SMILES string of the molecule is Cc1cc(S(=O)(=O)NCc2ccccc2)ccc1OCC(=O)Nc1ccc2c(c1)N(S(=O)(=O)c1ccc(Cl)cc1)CC2. The summed E-state index contributed by atoms with van der Waals surface area (Å²) in [6, 6.07) is 24.7. The van der Waals surface area contributed by atoms with Crippen molar-refractivity contribution >= 4 is 48.9 Å². The third kappa shape index (κ3) is 6.60. The van der Waals surface area contributed by atoms with Gasteiger partial charge in [-0.05, 0) is 84.6 Å². The van der Waals surface area contributed by atoms with Gasteiger partial charge in [0.15, 0.2) is 6.61 Å². The minimum atomic E-state index is -3.81. The lowest BCUT2D eigenvalue weighted by Gasteiger charge is -2.20. The number of benzene rings is 4. The van der Waals surface area contributed by atoms with Crippen molar-refractivity contribution in [1.29, 1.82) is 0 Å². The van der Waals surface area contributed by atoms with Gasteiger partial charge in [0.2, 0.25) is 10.0 Å². The van der Waals surface area contributed by atoms with Crippen LogP contribution < -0.4 is 19.1 Å². The Balaban J connectivity index is 1.21. The van der Waals surface area contributed by atoms with Crippen molar-refractivity contribution in [1.82, 2.24) is 4.72 Å². The topological polar surface area (TPSA) is 122 Å². The van der Waals surface area contributed by atoms with Gasteiger partial charge in [0, 0.05) is 23.8 Å². The first-order valence-corrected chi connectivity index (χ1v) is 16.3. The number of sulfonamides is 2. The number of nitrogens with one attached hydrogen (secondary N) is 2. The Labute approximate surface area is 250 Å². The van der Waals surface area contributed by atoms with E-state index in [1.54, 1.807) is 25.1 Å². The highest BCUT2D eigenvalue weighted by atomic mass is 35.5. The van der Waals surface area contributed by atoms with Gasteiger partial charge in [-0.2, -0.15) is 0 Å². The van der Waals surface area contributed by atoms with E-state index in [0.717, 1.165) is 11.1 Å². The second kappa shape index (κ2) is 12.1. The summed E-state index contributed by atoms with van der Waals surface area (Å²) in [4.78, 5) is 12.9. The fraction of sp³-hybridized carbons (Fsp3) is 0.167. The van der Waals surface area contributed by atoms with E-state index in [4.69, 9.17) is 16.3 Å². The zero-order valence-electron chi connectivity index (χ0n) is 22.6. The van der Waals surface area contributed by atoms with E-state index >= 15 is 0 Å². The summed E-state index contributed by atoms with van der Waals surface area (Å²) in [5, 5.41) is 3.18. The average Bonchev–Trinajstić information content (AvgIpc) is 3.40. The molecule has 1 heterocycles. The molecule has 5 rings (SSSR count). The van der Waals surface area contributed by atoms with E-state index < -0.39 is 26.0 Å². The Morgan fingerprint density at radius 3 is 2.33 bits per heavy atom. The number of rotatable bonds is 10. The second-order valence-electron chi connectivity index (χ2n) is 9.70. The maximum Gasteiger partial charge on any atom is 0.264 e. The van der Waals surface area contributed by atoms with Gasteiger partial charge in [0.25, 0.3) is 15.9 Å². The summed E-state index contributed by atoms with van der Waals surface area (Å²) in [5.74, 6) is -0.0953. The molecule has 0 atom stereocenters. The van der Waals surface area contributed by atoms with Crippen molar-refractivity contribution in [3.05, 3.63) is 113 Å². The van der Waals surface area contributed by atoms with Crippen LogP contribution in [0.5, 0.6) is 5.75 Å². The van der Waals surface area contributed by atoms with Crippen molar-refractivity contribution < 1.29 is 26.4 Å². The van der Waals surface area contributed by atoms with Crippen LogP contribution in [0.1, 0.15) is 16.7 Å². The number of nitrogens with zero attached hydrogens (tertiary/aromatic N) is 1. The van der Waals surface area contributed by atoms with E-state index in [1.807, 2.05) is 30.3 Å². The van der Waals surface area contributed by atoms with E-state index in [0.29, 0.717) is 34.1 Å². The molecule has 0 unspecified atom stereocenters. The molecule has 9 nitrogen and oxygen atoms in total. The molecule has 218 valence electrons. The van der Waals surface area contributed by atoms with Crippen molar-refractivity contribution in [3.63, 3.8) is 0 Å². The van der Waals surface area contributed by atoms with Crippen LogP contribution in [0.15, 0.2) is 101 Å². The quantitative estimate of drug-likeness (QED) is 0.259. The molecule has 42 heavy (non-hydrogen) atoms. The number of halogens is 1. The lowest BCUT2D eigenvalue weighted by molar-refractivity contribution is -0.118. The van der Waals surface area contributed by atoms with Crippen LogP contribution in [0.3, 0.4) is 0 Å². The van der Waals surface area contributed by atoms with E-state index in [2.05, 4.69) is 10.0 Å². The zero-order valence-corrected chi connectivity index (χ0v) is 25.0. The molecule has 2 N–H and O–H groups in total. The monoisotopic (exact) mass is 625 g/mol. The van der Waals surface area contributed by atoms with E-state index in [-0.39, 0.29) is 29.5 Å². The first-order valence-electron chi connectivity index (χ1n) is 13.0. The zero-order chi connectivity index (χ0) is 29.9. The molecule has 0 fully saturated rings. The lowest BCUT2D eigenvalue weighted by Crippen LogP contribution is -2.29. The molecular formula is C30H28ClN3O6S2. The molecule has 1 aliphatic heterocycles. The molecule has 4 aromatic rings. The number of carbonyl (C=O) groups excluding carboxylic acids is 1. The highest BCUT2D eigenvalue weighted by molar-refractivity contribution is 7.92. The Morgan fingerprint density at radius 2 is 1.62 bits per heavy atom. The molecule has 12 heteroatoms. The normalized spacial score (nSPS) is 13.0. The molecule has 0 aromatic heterocycles. The third-order valence-corrected chi connectivity index (χ3v) is 10.2. The van der Waals surface area contributed by atoms with Gasteiger partial charge in [-0.3, -0.25) is 9.10 Å². The summed E-state index contributed by atoms with van der Waals surface area (Å²) in [6.07, 6.45) is 0.548. The van der Waals surface area contributed by atoms with Crippen LogP contribution >= 0.6 is 11.6 Å². The fourth-order valence-electron chi connectivity index (χ4n) is 4.56. The smallest absolute Gasteiger partial charge is 0.264 e. The van der Waals surface area contributed by atoms with Crippen molar-refractivity contribution in [2.75, 3.05) is 22.8 Å². The summed E-state index contributed by atoms with van der Waals surface area (Å²) >= 11 is 5.92. The summed E-state index contributed by atoms with van der Waals surface area (Å²) < 4.78 is 61.5. The Kier molecular flexibility index (Phi) is 8.55. The highest BCUT2D eigenvalue weighted by Crippen LogP contribution is 2.35. The van der Waals surface area contributed by atoms with Crippen LogP contribution in [-0.2, 0) is 37.8 Å². The molecule has 1 aliphatic rings. The molecule has 0 aliphatic carbocycles. The first kappa shape index (κ1) is 29.6. The van der Waals surface area contributed by atoms with Crippen molar-refractivity contribution in [3.8, 4) is 5.75 Å². The highest BCUT2D eigenvalue weighted by Gasteiger charge is 2.31. The lowest BCUT2D eigenvalue weighted by atomic mass is 10.1. The number of amides is 1. The summed E-state index contributed by atoms with van der Waals surface area (Å²) in [6.45, 7) is 1.81. The van der Waals surface area contributed by atoms with Gasteiger partial charge >= 0.3 is 0 Å². The van der Waals surface area contributed by atoms with Crippen LogP contribution in [0.2, 0.25) is 5.02 Å². The molecule has 4 aromatic carbocycles. The van der Waals surface area contributed by atoms with Gasteiger partial charge in [-0.1, -0.05) is 48.0 Å². The first-order chi connectivity index (χ1) is 20.0. The largest absolute Gasteiger partial charge is 0.483 e. The Hall–Kier alpha value is -3.90. The minimum absolute atomic E-state index is 0.0870. The maximum absolute atomic E-state index is 13.3. The number of anilines is 2. The molecule has 0 radical (unpaired) electrons. The van der Waals surface area contributed by atoms with E-state index in [9.17, 15) is 21.6 Å². The molecule has 1 amide bonds. The van der Waals surface area contributed by atoms with Crippen molar-refractivity contribution in [2.24, 2.45) is 0 Å². The van der Waals surface area contributed by atoms with Crippen LogP contribution in [0, 0.1) is 6.92 Å². The second-order valence-corrected chi connectivity index (χ2v) is 13.8. The predicted octanol–water partition coefficient (Wildman–Crippen LogP) is 4.90. The summed E-state index contributed by atoms with van der Waals surface area (Å²) in [7, 11) is -7.55. The maximum atomic E-state index is 13.3. The Morgan fingerprint density at radius 1 is 0.905 bits per heavy atom. The molecule has 0 saturated heterocycles. The fourth-order valence-corrected chi connectivity index (χ4v) is 7.28. The number of carbonyl (C=O) groups is 1. The average molecular weight is 626 g/mol. The number of fused-ring (bicyclic) bond motifs is 1. The standard InChI is InChI=1S/C30H28ClN3O6S2/c1-21-17-27(41(36,37)32-19-22-5-3-2-4-6-22)13-14-29(21)40-20-30(35)33-25-10-7-23-15-16-34(28(23)18-25)42(38,39)26-11-8-24(31)9-12-26/h2-14,17-18,32H,15-16,19-20H2,1H3,(H,33,35). The van der Waals surface area contributed by atoms with Gasteiger partial charge < -0.3 is 10.1 Å². The van der Waals surface area contributed by atoms with Gasteiger partial charge in [0.1, 0.15) is 5.75 Å². The van der Waals surface area contributed by atoms with Gasteiger partial charge in [0.05, 0.1) is 15.5 Å². The minimum Gasteiger partial charge on any atom is -0.483 e.